The molecule has 14 heavy (non-hydrogen) atoms. The molecule has 0 saturated heterocycles. The summed E-state index contributed by atoms with van der Waals surface area (Å²) in [5.74, 6) is 0. The van der Waals surface area contributed by atoms with Crippen molar-refractivity contribution in [3.05, 3.63) is 24.2 Å². The predicted octanol–water partition coefficient (Wildman–Crippen LogP) is 0.752. The minimum Gasteiger partial charge on any atom is -0.325 e. The molecule has 0 unspecified atom stereocenters. The summed E-state index contributed by atoms with van der Waals surface area (Å²) in [4.78, 5) is 0. The van der Waals surface area contributed by atoms with E-state index in [9.17, 15) is 0 Å². The molecule has 3 N–H and O–H groups in total. The average Bonchev–Trinajstić information content (AvgIpc) is 2.86. The van der Waals surface area contributed by atoms with Crippen molar-refractivity contribution < 1.29 is 0 Å². The van der Waals surface area contributed by atoms with Crippen molar-refractivity contribution in [3.63, 3.8) is 0 Å². The molecule has 0 spiro atoms. The third-order valence-electron chi connectivity index (χ3n) is 2.10. The molecule has 5 nitrogen and oxygen atoms in total. The maximum atomic E-state index is 5.48. The number of hydrogen-bond acceptors (Lipinski definition) is 3. The van der Waals surface area contributed by atoms with Crippen LogP contribution >= 0.6 is 0 Å². The van der Waals surface area contributed by atoms with Crippen molar-refractivity contribution in [2.75, 3.05) is 0 Å². The standard InChI is InChI=1S/C9H13N5/c1-2-14-6-7(5-11-14)9-3-8(4-10)12-13-9/h3,5-6H,2,4,10H2,1H3,(H,12,13). The van der Waals surface area contributed by atoms with E-state index in [-0.39, 0.29) is 0 Å². The topological polar surface area (TPSA) is 72.5 Å². The second kappa shape index (κ2) is 3.63. The number of rotatable bonds is 3. The number of nitrogens with one attached hydrogen (secondary N) is 1. The molecule has 2 rings (SSSR count). The van der Waals surface area contributed by atoms with E-state index in [2.05, 4.69) is 15.3 Å². The molecule has 0 amide bonds. The minimum absolute atomic E-state index is 0.481. The van der Waals surface area contributed by atoms with Crippen LogP contribution in [-0.4, -0.2) is 20.0 Å². The lowest BCUT2D eigenvalue weighted by Gasteiger charge is -1.90. The fourth-order valence-electron chi connectivity index (χ4n) is 1.28. The van der Waals surface area contributed by atoms with Gasteiger partial charge < -0.3 is 5.73 Å². The van der Waals surface area contributed by atoms with Crippen LogP contribution in [0.2, 0.25) is 0 Å². The molecule has 2 aromatic rings. The predicted molar refractivity (Wildman–Crippen MR) is 53.4 cm³/mol. The summed E-state index contributed by atoms with van der Waals surface area (Å²) in [5.41, 5.74) is 8.33. The molecule has 0 aliphatic heterocycles. The van der Waals surface area contributed by atoms with Gasteiger partial charge in [-0.2, -0.15) is 10.2 Å². The molecule has 0 aliphatic carbocycles. The van der Waals surface area contributed by atoms with E-state index in [4.69, 9.17) is 5.73 Å². The quantitative estimate of drug-likeness (QED) is 0.752. The van der Waals surface area contributed by atoms with E-state index in [1.165, 1.54) is 0 Å². The smallest absolute Gasteiger partial charge is 0.0955 e. The molecular weight excluding hydrogens is 178 g/mol. The van der Waals surface area contributed by atoms with Gasteiger partial charge in [0.2, 0.25) is 0 Å². The highest BCUT2D eigenvalue weighted by atomic mass is 15.3. The highest BCUT2D eigenvalue weighted by molar-refractivity contribution is 5.56. The highest BCUT2D eigenvalue weighted by Gasteiger charge is 2.04. The number of aryl methyl sites for hydroxylation is 1. The van der Waals surface area contributed by atoms with Gasteiger partial charge in [-0.3, -0.25) is 9.78 Å². The number of hydrogen-bond donors (Lipinski definition) is 2. The van der Waals surface area contributed by atoms with Crippen LogP contribution < -0.4 is 5.73 Å². The van der Waals surface area contributed by atoms with Gasteiger partial charge in [0.05, 0.1) is 11.9 Å². The Hall–Kier alpha value is -1.62. The Morgan fingerprint density at radius 2 is 2.43 bits per heavy atom. The minimum atomic E-state index is 0.481. The van der Waals surface area contributed by atoms with E-state index >= 15 is 0 Å². The summed E-state index contributed by atoms with van der Waals surface area (Å²) in [6.45, 7) is 3.40. The number of nitrogens with two attached hydrogens (primary N) is 1. The number of H-pyrrole nitrogens is 1. The lowest BCUT2D eigenvalue weighted by Crippen LogP contribution is -1.95. The van der Waals surface area contributed by atoms with Crippen LogP contribution in [0.5, 0.6) is 0 Å². The van der Waals surface area contributed by atoms with E-state index in [0.717, 1.165) is 23.5 Å². The number of aromatic amines is 1. The summed E-state index contributed by atoms with van der Waals surface area (Å²) in [6, 6.07) is 1.94. The summed E-state index contributed by atoms with van der Waals surface area (Å²) >= 11 is 0. The zero-order valence-corrected chi connectivity index (χ0v) is 8.07. The first kappa shape index (κ1) is 8.96. The summed E-state index contributed by atoms with van der Waals surface area (Å²) in [5, 5.41) is 11.2. The van der Waals surface area contributed by atoms with E-state index < -0.39 is 0 Å². The van der Waals surface area contributed by atoms with E-state index in [0.29, 0.717) is 6.54 Å². The van der Waals surface area contributed by atoms with Gasteiger partial charge in [0.15, 0.2) is 0 Å². The van der Waals surface area contributed by atoms with Gasteiger partial charge in [0.1, 0.15) is 0 Å². The fraction of sp³-hybridized carbons (Fsp3) is 0.333. The largest absolute Gasteiger partial charge is 0.325 e. The number of nitrogens with zero attached hydrogens (tertiary/aromatic N) is 3. The molecule has 0 atom stereocenters. The summed E-state index contributed by atoms with van der Waals surface area (Å²) in [6.07, 6.45) is 3.77. The van der Waals surface area contributed by atoms with Gasteiger partial charge in [0, 0.05) is 30.5 Å². The van der Waals surface area contributed by atoms with Gasteiger partial charge in [0.25, 0.3) is 0 Å². The van der Waals surface area contributed by atoms with Gasteiger partial charge in [-0.25, -0.2) is 0 Å². The molecule has 0 aliphatic rings. The zero-order valence-electron chi connectivity index (χ0n) is 8.07. The second-order valence-corrected chi connectivity index (χ2v) is 3.07. The van der Waals surface area contributed by atoms with Crippen molar-refractivity contribution >= 4 is 0 Å². The first-order chi connectivity index (χ1) is 6.83. The van der Waals surface area contributed by atoms with Crippen LogP contribution in [0.25, 0.3) is 11.3 Å². The Balaban J connectivity index is 2.29. The molecule has 0 bridgehead atoms. The summed E-state index contributed by atoms with van der Waals surface area (Å²) < 4.78 is 1.87. The average molecular weight is 191 g/mol. The first-order valence-corrected chi connectivity index (χ1v) is 4.60. The second-order valence-electron chi connectivity index (χ2n) is 3.07. The molecular formula is C9H13N5. The Labute approximate surface area is 81.9 Å². The van der Waals surface area contributed by atoms with Crippen LogP contribution in [0.4, 0.5) is 0 Å². The fourth-order valence-corrected chi connectivity index (χ4v) is 1.28. The maximum absolute atomic E-state index is 5.48. The van der Waals surface area contributed by atoms with E-state index in [1.807, 2.05) is 23.9 Å². The van der Waals surface area contributed by atoms with Crippen molar-refractivity contribution in [2.24, 2.45) is 5.73 Å². The van der Waals surface area contributed by atoms with Gasteiger partial charge >= 0.3 is 0 Å². The Morgan fingerprint density at radius 1 is 1.57 bits per heavy atom. The lowest BCUT2D eigenvalue weighted by atomic mass is 10.2. The molecule has 0 radical (unpaired) electrons. The van der Waals surface area contributed by atoms with Crippen molar-refractivity contribution in [1.82, 2.24) is 20.0 Å². The van der Waals surface area contributed by atoms with Crippen molar-refractivity contribution in [1.29, 1.82) is 0 Å². The monoisotopic (exact) mass is 191 g/mol. The maximum Gasteiger partial charge on any atom is 0.0955 e. The SMILES string of the molecule is CCn1cc(-c2cc(CN)[nH]n2)cn1. The van der Waals surface area contributed by atoms with Crippen LogP contribution in [-0.2, 0) is 13.1 Å². The Morgan fingerprint density at radius 3 is 3.00 bits per heavy atom. The van der Waals surface area contributed by atoms with Crippen LogP contribution in [0.1, 0.15) is 12.6 Å². The molecule has 0 aromatic carbocycles. The lowest BCUT2D eigenvalue weighted by molar-refractivity contribution is 0.660. The molecule has 0 fully saturated rings. The van der Waals surface area contributed by atoms with Crippen LogP contribution in [0.3, 0.4) is 0 Å². The van der Waals surface area contributed by atoms with Gasteiger partial charge in [-0.15, -0.1) is 0 Å². The highest BCUT2D eigenvalue weighted by Crippen LogP contribution is 2.16. The zero-order chi connectivity index (χ0) is 9.97. The third-order valence-corrected chi connectivity index (χ3v) is 2.10. The van der Waals surface area contributed by atoms with Crippen molar-refractivity contribution in [3.8, 4) is 11.3 Å². The van der Waals surface area contributed by atoms with E-state index in [1.54, 1.807) is 6.20 Å². The van der Waals surface area contributed by atoms with Crippen molar-refractivity contribution in [2.45, 2.75) is 20.0 Å². The Bertz CT molecular complexity index is 374. The normalized spacial score (nSPS) is 10.7. The van der Waals surface area contributed by atoms with Crippen LogP contribution in [0, 0.1) is 0 Å². The third kappa shape index (κ3) is 1.54. The molecule has 74 valence electrons. The van der Waals surface area contributed by atoms with Crippen LogP contribution in [0.15, 0.2) is 18.5 Å². The van der Waals surface area contributed by atoms with Gasteiger partial charge in [-0.1, -0.05) is 0 Å². The molecule has 5 heteroatoms. The summed E-state index contributed by atoms with van der Waals surface area (Å²) in [7, 11) is 0. The first-order valence-electron chi connectivity index (χ1n) is 4.60. The number of aromatic nitrogens is 4. The van der Waals surface area contributed by atoms with Gasteiger partial charge in [-0.05, 0) is 13.0 Å². The Kier molecular flexibility index (Phi) is 2.32. The molecule has 0 saturated carbocycles. The molecule has 2 heterocycles. The molecule has 2 aromatic heterocycles.